The molecule has 0 radical (unpaired) electrons. The molecule has 3 nitrogen and oxygen atoms in total. The average molecular weight is 293 g/mol. The number of carbonyl (C=O) groups excluding carboxylic acids is 1. The lowest BCUT2D eigenvalue weighted by molar-refractivity contribution is 0.0940. The number of nitrogens with one attached hydrogen (secondary N) is 1. The van der Waals surface area contributed by atoms with E-state index in [0.717, 1.165) is 5.56 Å². The highest BCUT2D eigenvalue weighted by molar-refractivity contribution is 7.80. The van der Waals surface area contributed by atoms with Crippen molar-refractivity contribution in [3.05, 3.63) is 58.9 Å². The van der Waals surface area contributed by atoms with Gasteiger partial charge in [0.15, 0.2) is 0 Å². The zero-order valence-electron chi connectivity index (χ0n) is 10.3. The van der Waals surface area contributed by atoms with Crippen LogP contribution >= 0.6 is 24.2 Å². The standard InChI is InChI=1S/C14H13ClN2OS/c1-9(10-3-2-6-16-8-10)17-14(18)12-7-11(19)4-5-13(12)15/h2-9,19H,1H3,(H,17,18). The summed E-state index contributed by atoms with van der Waals surface area (Å²) in [7, 11) is 0. The van der Waals surface area contributed by atoms with Crippen LogP contribution in [-0.2, 0) is 0 Å². The lowest BCUT2D eigenvalue weighted by Gasteiger charge is -2.14. The number of pyridine rings is 1. The Labute approximate surface area is 122 Å². The Morgan fingerprint density at radius 1 is 1.42 bits per heavy atom. The number of benzene rings is 1. The third-order valence-corrected chi connectivity index (χ3v) is 3.33. The molecule has 1 aromatic heterocycles. The molecular weight excluding hydrogens is 280 g/mol. The molecule has 19 heavy (non-hydrogen) atoms. The summed E-state index contributed by atoms with van der Waals surface area (Å²) in [6.07, 6.45) is 3.42. The van der Waals surface area contributed by atoms with Gasteiger partial charge in [-0.25, -0.2) is 0 Å². The predicted octanol–water partition coefficient (Wildman–Crippen LogP) is 3.51. The lowest BCUT2D eigenvalue weighted by Crippen LogP contribution is -2.27. The topological polar surface area (TPSA) is 42.0 Å². The number of hydrogen-bond donors (Lipinski definition) is 2. The van der Waals surface area contributed by atoms with E-state index in [9.17, 15) is 4.79 Å². The van der Waals surface area contributed by atoms with E-state index in [4.69, 9.17) is 11.6 Å². The zero-order chi connectivity index (χ0) is 13.8. The molecule has 0 fully saturated rings. The largest absolute Gasteiger partial charge is 0.345 e. The Balaban J connectivity index is 2.15. The third kappa shape index (κ3) is 3.49. The van der Waals surface area contributed by atoms with Crippen molar-refractivity contribution >= 4 is 30.1 Å². The maximum Gasteiger partial charge on any atom is 0.253 e. The summed E-state index contributed by atoms with van der Waals surface area (Å²) < 4.78 is 0. The summed E-state index contributed by atoms with van der Waals surface area (Å²) in [5, 5.41) is 3.29. The van der Waals surface area contributed by atoms with Gasteiger partial charge < -0.3 is 5.32 Å². The van der Waals surface area contributed by atoms with E-state index < -0.39 is 0 Å². The van der Waals surface area contributed by atoms with Gasteiger partial charge in [-0.1, -0.05) is 17.7 Å². The summed E-state index contributed by atoms with van der Waals surface area (Å²) in [6.45, 7) is 1.90. The number of nitrogens with zero attached hydrogens (tertiary/aromatic N) is 1. The van der Waals surface area contributed by atoms with Crippen LogP contribution in [0.3, 0.4) is 0 Å². The second-order valence-corrected chi connectivity index (χ2v) is 5.07. The highest BCUT2D eigenvalue weighted by Gasteiger charge is 2.14. The number of rotatable bonds is 3. The van der Waals surface area contributed by atoms with E-state index in [-0.39, 0.29) is 11.9 Å². The van der Waals surface area contributed by atoms with Crippen molar-refractivity contribution < 1.29 is 4.79 Å². The van der Waals surface area contributed by atoms with Crippen molar-refractivity contribution in [3.63, 3.8) is 0 Å². The Hall–Kier alpha value is -1.52. The number of hydrogen-bond acceptors (Lipinski definition) is 3. The van der Waals surface area contributed by atoms with Gasteiger partial charge in [0.1, 0.15) is 0 Å². The molecule has 98 valence electrons. The minimum Gasteiger partial charge on any atom is -0.345 e. The number of halogens is 1. The third-order valence-electron chi connectivity index (χ3n) is 2.73. The molecule has 1 unspecified atom stereocenters. The first kappa shape index (κ1) is 13.9. The Morgan fingerprint density at radius 2 is 2.21 bits per heavy atom. The molecule has 1 N–H and O–H groups in total. The molecule has 1 atom stereocenters. The van der Waals surface area contributed by atoms with Gasteiger partial charge in [0.05, 0.1) is 16.6 Å². The van der Waals surface area contributed by atoms with Gasteiger partial charge in [0, 0.05) is 17.3 Å². The zero-order valence-corrected chi connectivity index (χ0v) is 11.9. The maximum atomic E-state index is 12.2. The SMILES string of the molecule is CC(NC(=O)c1cc(S)ccc1Cl)c1cccnc1. The number of aromatic nitrogens is 1. The Kier molecular flexibility index (Phi) is 4.45. The first-order valence-electron chi connectivity index (χ1n) is 5.77. The fourth-order valence-corrected chi connectivity index (χ4v) is 2.08. The van der Waals surface area contributed by atoms with Gasteiger partial charge in [-0.3, -0.25) is 9.78 Å². The van der Waals surface area contributed by atoms with Crippen molar-refractivity contribution in [1.29, 1.82) is 0 Å². The van der Waals surface area contributed by atoms with Crippen LogP contribution in [0.1, 0.15) is 28.9 Å². The van der Waals surface area contributed by atoms with Crippen molar-refractivity contribution in [2.24, 2.45) is 0 Å². The molecular formula is C14H13ClN2OS. The Bertz CT molecular complexity index is 589. The van der Waals surface area contributed by atoms with E-state index >= 15 is 0 Å². The van der Waals surface area contributed by atoms with Crippen molar-refractivity contribution in [2.75, 3.05) is 0 Å². The van der Waals surface area contributed by atoms with Crippen LogP contribution in [0.2, 0.25) is 5.02 Å². The molecule has 1 aromatic carbocycles. The minimum atomic E-state index is -0.225. The molecule has 0 aliphatic carbocycles. The summed E-state index contributed by atoms with van der Waals surface area (Å²) in [5.41, 5.74) is 1.36. The van der Waals surface area contributed by atoms with E-state index in [0.29, 0.717) is 15.5 Å². The number of amides is 1. The molecule has 2 aromatic rings. The van der Waals surface area contributed by atoms with Gasteiger partial charge in [0.25, 0.3) is 5.91 Å². The molecule has 0 spiro atoms. The first-order chi connectivity index (χ1) is 9.08. The fourth-order valence-electron chi connectivity index (χ4n) is 1.68. The number of carbonyl (C=O) groups is 1. The summed E-state index contributed by atoms with van der Waals surface area (Å²) in [6, 6.07) is 8.66. The van der Waals surface area contributed by atoms with Crippen LogP contribution in [0, 0.1) is 0 Å². The molecule has 0 saturated heterocycles. The summed E-state index contributed by atoms with van der Waals surface area (Å²) in [5.74, 6) is -0.225. The van der Waals surface area contributed by atoms with Crippen LogP contribution in [0.5, 0.6) is 0 Å². The maximum absolute atomic E-state index is 12.2. The lowest BCUT2D eigenvalue weighted by atomic mass is 10.1. The van der Waals surface area contributed by atoms with Crippen LogP contribution < -0.4 is 5.32 Å². The summed E-state index contributed by atoms with van der Waals surface area (Å²) in [4.78, 5) is 16.9. The highest BCUT2D eigenvalue weighted by atomic mass is 35.5. The Morgan fingerprint density at radius 3 is 2.89 bits per heavy atom. The number of thiol groups is 1. The fraction of sp³-hybridized carbons (Fsp3) is 0.143. The smallest absolute Gasteiger partial charge is 0.253 e. The normalized spacial score (nSPS) is 11.9. The van der Waals surface area contributed by atoms with E-state index in [1.807, 2.05) is 19.1 Å². The van der Waals surface area contributed by atoms with E-state index in [1.165, 1.54) is 0 Å². The van der Waals surface area contributed by atoms with Crippen LogP contribution in [0.15, 0.2) is 47.6 Å². The monoisotopic (exact) mass is 292 g/mol. The molecule has 0 aliphatic rings. The molecule has 0 aliphatic heterocycles. The van der Waals surface area contributed by atoms with Gasteiger partial charge in [-0.05, 0) is 36.8 Å². The molecule has 1 amide bonds. The van der Waals surface area contributed by atoms with Crippen molar-refractivity contribution in [3.8, 4) is 0 Å². The van der Waals surface area contributed by atoms with Crippen LogP contribution in [0.4, 0.5) is 0 Å². The average Bonchev–Trinajstić information content (AvgIpc) is 2.42. The molecule has 5 heteroatoms. The molecule has 0 saturated carbocycles. The predicted molar refractivity (Wildman–Crippen MR) is 78.8 cm³/mol. The molecule has 1 heterocycles. The van der Waals surface area contributed by atoms with Gasteiger partial charge in [0.2, 0.25) is 0 Å². The first-order valence-corrected chi connectivity index (χ1v) is 6.60. The highest BCUT2D eigenvalue weighted by Crippen LogP contribution is 2.20. The van der Waals surface area contributed by atoms with E-state index in [2.05, 4.69) is 22.9 Å². The van der Waals surface area contributed by atoms with Gasteiger partial charge >= 0.3 is 0 Å². The quantitative estimate of drug-likeness (QED) is 0.850. The van der Waals surface area contributed by atoms with Gasteiger partial charge in [-0.2, -0.15) is 0 Å². The molecule has 2 rings (SSSR count). The summed E-state index contributed by atoms with van der Waals surface area (Å²) >= 11 is 10.2. The second kappa shape index (κ2) is 6.08. The second-order valence-electron chi connectivity index (χ2n) is 4.15. The van der Waals surface area contributed by atoms with Crippen LogP contribution in [-0.4, -0.2) is 10.9 Å². The molecule has 0 bridgehead atoms. The van der Waals surface area contributed by atoms with Crippen LogP contribution in [0.25, 0.3) is 0 Å². The minimum absolute atomic E-state index is 0.138. The van der Waals surface area contributed by atoms with Crippen molar-refractivity contribution in [2.45, 2.75) is 17.9 Å². The van der Waals surface area contributed by atoms with Gasteiger partial charge in [-0.15, -0.1) is 12.6 Å². The van der Waals surface area contributed by atoms with Crippen molar-refractivity contribution in [1.82, 2.24) is 10.3 Å². The van der Waals surface area contributed by atoms with E-state index in [1.54, 1.807) is 30.6 Å².